The van der Waals surface area contributed by atoms with Crippen molar-refractivity contribution in [2.75, 3.05) is 20.1 Å². The minimum Gasteiger partial charge on any atom is -0.390 e. The van der Waals surface area contributed by atoms with Gasteiger partial charge in [-0.25, -0.2) is 0 Å². The topological polar surface area (TPSA) is 108 Å². The van der Waals surface area contributed by atoms with Crippen LogP contribution < -0.4 is 5.73 Å². The highest BCUT2D eigenvalue weighted by Gasteiger charge is 2.35. The van der Waals surface area contributed by atoms with E-state index in [1.54, 1.807) is 36.3 Å². The fourth-order valence-corrected chi connectivity index (χ4v) is 4.88. The molecule has 0 saturated carbocycles. The van der Waals surface area contributed by atoms with Crippen LogP contribution in [0.15, 0.2) is 52.5 Å². The van der Waals surface area contributed by atoms with Gasteiger partial charge >= 0.3 is 6.18 Å². The normalized spacial score (nSPS) is 16.5. The Kier molecular flexibility index (Phi) is 7.22. The highest BCUT2D eigenvalue weighted by atomic mass is 35.5. The second-order valence-corrected chi connectivity index (χ2v) is 9.44. The third-order valence-electron chi connectivity index (χ3n) is 5.48. The number of nitrogens with zero attached hydrogens (tertiary/aromatic N) is 3. The number of aliphatic imine (C=N–C) groups is 1. The maximum atomic E-state index is 13.8. The Bertz CT molecular complexity index is 1340. The molecule has 7 nitrogen and oxygen atoms in total. The predicted molar refractivity (Wildman–Crippen MR) is 131 cm³/mol. The second-order valence-electron chi connectivity index (χ2n) is 8.03. The Balaban J connectivity index is 1.80. The van der Waals surface area contributed by atoms with E-state index in [-0.39, 0.29) is 35.0 Å². The van der Waals surface area contributed by atoms with Crippen LogP contribution in [0.4, 0.5) is 13.2 Å². The number of aromatic nitrogens is 2. The number of aromatic amines is 1. The van der Waals surface area contributed by atoms with Gasteiger partial charge in [0, 0.05) is 30.5 Å². The summed E-state index contributed by atoms with van der Waals surface area (Å²) in [6, 6.07) is 8.82. The van der Waals surface area contributed by atoms with Gasteiger partial charge in [0.25, 0.3) is 5.91 Å². The number of alkyl halides is 3. The predicted octanol–water partition coefficient (Wildman–Crippen LogP) is 4.07. The third-order valence-corrected chi connectivity index (χ3v) is 6.92. The minimum atomic E-state index is -4.63. The van der Waals surface area contributed by atoms with E-state index in [1.165, 1.54) is 12.1 Å². The lowest BCUT2D eigenvalue weighted by atomic mass is 9.93. The summed E-state index contributed by atoms with van der Waals surface area (Å²) in [5.41, 5.74) is 6.29. The second kappa shape index (κ2) is 10.0. The van der Waals surface area contributed by atoms with Gasteiger partial charge in [0.15, 0.2) is 5.17 Å². The molecule has 0 fully saturated rings. The zero-order valence-corrected chi connectivity index (χ0v) is 20.0. The number of likely N-dealkylation sites (N-methyl/N-ethyl adjacent to an activating group) is 1. The monoisotopic (exact) mass is 523 g/mol. The number of rotatable bonds is 6. The van der Waals surface area contributed by atoms with Crippen LogP contribution in [0.25, 0.3) is 16.5 Å². The molecule has 4 N–H and O–H groups in total. The summed E-state index contributed by atoms with van der Waals surface area (Å²) in [7, 11) is 1.65. The molecule has 1 amide bonds. The summed E-state index contributed by atoms with van der Waals surface area (Å²) in [6.07, 6.45) is -4.03. The standard InChI is InChI=1S/C23H21ClF3N5O2S/c1-32(11-16(33)9-28)22-30-21(34)20(35-22)17(12-3-5-19-14(6-12)10-29-31-19)7-13-2-4-15(24)8-18(13)23(25,26)27/h2-6,8,10,16,33H,7,9,11,28H2,1H3,(H,29,31). The lowest BCUT2D eigenvalue weighted by molar-refractivity contribution is -0.138. The number of hydrogen-bond acceptors (Lipinski definition) is 6. The quantitative estimate of drug-likeness (QED) is 0.420. The number of H-pyrrole nitrogens is 1. The van der Waals surface area contributed by atoms with Gasteiger partial charge in [0.1, 0.15) is 0 Å². The van der Waals surface area contributed by atoms with E-state index >= 15 is 0 Å². The number of amides is 1. The van der Waals surface area contributed by atoms with Crippen molar-refractivity contribution < 1.29 is 23.1 Å². The average Bonchev–Trinajstić information content (AvgIpc) is 3.43. The van der Waals surface area contributed by atoms with Gasteiger partial charge in [0.2, 0.25) is 0 Å². The van der Waals surface area contributed by atoms with Crippen LogP contribution in [0.1, 0.15) is 16.7 Å². The van der Waals surface area contributed by atoms with E-state index in [0.717, 1.165) is 28.7 Å². The van der Waals surface area contributed by atoms with E-state index in [1.807, 2.05) is 0 Å². The third kappa shape index (κ3) is 5.53. The van der Waals surface area contributed by atoms with E-state index in [4.69, 9.17) is 17.3 Å². The highest BCUT2D eigenvalue weighted by molar-refractivity contribution is 8.18. The van der Waals surface area contributed by atoms with Gasteiger partial charge in [-0.1, -0.05) is 23.7 Å². The lowest BCUT2D eigenvalue weighted by Crippen LogP contribution is -2.36. The van der Waals surface area contributed by atoms with Crippen molar-refractivity contribution in [2.24, 2.45) is 10.7 Å². The summed E-state index contributed by atoms with van der Waals surface area (Å²) in [5.74, 6) is -0.566. The first-order chi connectivity index (χ1) is 16.6. The molecule has 1 aliphatic heterocycles. The van der Waals surface area contributed by atoms with Gasteiger partial charge in [-0.3, -0.25) is 9.89 Å². The molecule has 0 radical (unpaired) electrons. The van der Waals surface area contributed by atoms with Gasteiger partial charge in [0.05, 0.1) is 28.3 Å². The molecule has 0 spiro atoms. The maximum Gasteiger partial charge on any atom is 0.416 e. The molecule has 0 bridgehead atoms. The smallest absolute Gasteiger partial charge is 0.390 e. The number of aliphatic hydroxyl groups is 1. The number of fused-ring (bicyclic) bond motifs is 1. The highest BCUT2D eigenvalue weighted by Crippen LogP contribution is 2.40. The van der Waals surface area contributed by atoms with Crippen LogP contribution >= 0.6 is 23.4 Å². The molecule has 35 heavy (non-hydrogen) atoms. The Morgan fingerprint density at radius 1 is 1.29 bits per heavy atom. The number of carbonyl (C=O) groups excluding carboxylic acids is 1. The van der Waals surface area contributed by atoms with Gasteiger partial charge in [-0.05, 0) is 59.1 Å². The number of aliphatic hydroxyl groups excluding tert-OH is 1. The van der Waals surface area contributed by atoms with Crippen LogP contribution in [-0.4, -0.2) is 57.5 Å². The summed E-state index contributed by atoms with van der Waals surface area (Å²) >= 11 is 6.90. The van der Waals surface area contributed by atoms with Crippen LogP contribution in [0.2, 0.25) is 5.02 Å². The zero-order chi connectivity index (χ0) is 25.3. The van der Waals surface area contributed by atoms with Crippen LogP contribution in [0, 0.1) is 0 Å². The molecule has 1 aromatic heterocycles. The number of allylic oxidation sites excluding steroid dienone is 1. The molecule has 3 aromatic rings. The first-order valence-corrected chi connectivity index (χ1v) is 11.7. The molecule has 12 heteroatoms. The Hall–Kier alpha value is -2.86. The van der Waals surface area contributed by atoms with Crippen molar-refractivity contribution in [3.63, 3.8) is 0 Å². The zero-order valence-electron chi connectivity index (χ0n) is 18.4. The number of carbonyl (C=O) groups is 1. The summed E-state index contributed by atoms with van der Waals surface area (Å²) < 4.78 is 41.4. The molecule has 184 valence electrons. The van der Waals surface area contributed by atoms with Crippen LogP contribution in [0.5, 0.6) is 0 Å². The molecule has 1 unspecified atom stereocenters. The van der Waals surface area contributed by atoms with Crippen LogP contribution in [-0.2, 0) is 17.4 Å². The average molecular weight is 524 g/mol. The molecular formula is C23H21ClF3N5O2S. The molecular weight excluding hydrogens is 503 g/mol. The molecule has 0 aliphatic carbocycles. The molecule has 4 rings (SSSR count). The molecule has 1 aliphatic rings. The van der Waals surface area contributed by atoms with Gasteiger partial charge in [-0.15, -0.1) is 0 Å². The summed E-state index contributed by atoms with van der Waals surface area (Å²) in [6.45, 7) is 0.181. The van der Waals surface area contributed by atoms with Crippen molar-refractivity contribution in [3.8, 4) is 0 Å². The first kappa shape index (κ1) is 25.2. The van der Waals surface area contributed by atoms with Crippen molar-refractivity contribution in [3.05, 3.63) is 69.2 Å². The lowest BCUT2D eigenvalue weighted by Gasteiger charge is -2.21. The number of benzene rings is 2. The van der Waals surface area contributed by atoms with E-state index in [0.29, 0.717) is 16.3 Å². The molecule has 0 saturated heterocycles. The van der Waals surface area contributed by atoms with E-state index in [9.17, 15) is 23.1 Å². The molecule has 1 atom stereocenters. The number of nitrogens with two attached hydrogens (primary N) is 1. The van der Waals surface area contributed by atoms with Crippen molar-refractivity contribution in [2.45, 2.75) is 18.7 Å². The number of nitrogens with one attached hydrogen (secondary N) is 1. The Morgan fingerprint density at radius 2 is 2.06 bits per heavy atom. The number of amidine groups is 1. The van der Waals surface area contributed by atoms with Crippen molar-refractivity contribution >= 4 is 50.9 Å². The summed E-state index contributed by atoms with van der Waals surface area (Å²) in [5, 5.41) is 17.7. The van der Waals surface area contributed by atoms with Crippen molar-refractivity contribution in [1.82, 2.24) is 15.1 Å². The molecule has 2 aromatic carbocycles. The summed E-state index contributed by atoms with van der Waals surface area (Å²) in [4.78, 5) is 18.8. The number of hydrogen-bond donors (Lipinski definition) is 3. The molecule has 2 heterocycles. The Labute approximate surface area is 207 Å². The fourth-order valence-electron chi connectivity index (χ4n) is 3.72. The minimum absolute atomic E-state index is 0.0227. The largest absolute Gasteiger partial charge is 0.416 e. The fraction of sp³-hybridized carbons (Fsp3) is 0.261. The maximum absolute atomic E-state index is 13.8. The van der Waals surface area contributed by atoms with Crippen molar-refractivity contribution in [1.29, 1.82) is 0 Å². The number of halogens is 4. The van der Waals surface area contributed by atoms with Crippen LogP contribution in [0.3, 0.4) is 0 Å². The Morgan fingerprint density at radius 3 is 2.77 bits per heavy atom. The first-order valence-electron chi connectivity index (χ1n) is 10.5. The van der Waals surface area contributed by atoms with Gasteiger partial charge in [-0.2, -0.15) is 23.3 Å². The number of thioether (sulfide) groups is 1. The van der Waals surface area contributed by atoms with E-state index < -0.39 is 23.8 Å². The SMILES string of the molecule is CN(CC(O)CN)C1=NC(=O)C(=C(Cc2ccc(Cl)cc2C(F)(F)F)c2ccc3[nH]ncc3c2)S1. The van der Waals surface area contributed by atoms with Gasteiger partial charge < -0.3 is 15.7 Å². The van der Waals surface area contributed by atoms with E-state index in [2.05, 4.69) is 15.2 Å².